The van der Waals surface area contributed by atoms with Gasteiger partial charge in [-0.15, -0.1) is 0 Å². The molecule has 1 N–H and O–H groups in total. The first-order valence-electron chi connectivity index (χ1n) is 7.54. The van der Waals surface area contributed by atoms with E-state index in [-0.39, 0.29) is 29.9 Å². The van der Waals surface area contributed by atoms with Gasteiger partial charge < -0.3 is 9.52 Å². The fraction of sp³-hybridized carbons (Fsp3) is 0.158. The monoisotopic (exact) mass is 434 g/mol. The summed E-state index contributed by atoms with van der Waals surface area (Å²) < 4.78 is 6.32. The number of hydrogen-bond acceptors (Lipinski definition) is 4. The molecule has 0 saturated carbocycles. The lowest BCUT2D eigenvalue weighted by Gasteiger charge is -2.06. The number of benzene rings is 2. The predicted molar refractivity (Wildman–Crippen MR) is 100 cm³/mol. The minimum atomic E-state index is -0.590. The lowest BCUT2D eigenvalue weighted by atomic mass is 10.0. The zero-order valence-corrected chi connectivity index (χ0v) is 14.9. The number of ketones is 1. The van der Waals surface area contributed by atoms with Crippen LogP contribution in [0.1, 0.15) is 17.5 Å². The topological polar surface area (TPSA) is 67.5 Å². The van der Waals surface area contributed by atoms with Crippen LogP contribution in [0.15, 0.2) is 57.7 Å². The molecular weight excluding hydrogens is 419 g/mol. The number of aromatic hydroxyl groups is 1. The summed E-state index contributed by atoms with van der Waals surface area (Å²) in [4.78, 5) is 24.2. The van der Waals surface area contributed by atoms with Crippen molar-refractivity contribution in [3.8, 4) is 5.75 Å². The van der Waals surface area contributed by atoms with Gasteiger partial charge in [-0.2, -0.15) is 0 Å². The van der Waals surface area contributed by atoms with Gasteiger partial charge in [-0.05, 0) is 58.8 Å². The van der Waals surface area contributed by atoms with E-state index in [4.69, 9.17) is 4.42 Å². The van der Waals surface area contributed by atoms with Crippen LogP contribution >= 0.6 is 22.6 Å². The Bertz CT molecular complexity index is 942. The second-order valence-corrected chi connectivity index (χ2v) is 6.80. The van der Waals surface area contributed by atoms with Crippen molar-refractivity contribution < 1.29 is 14.3 Å². The standard InChI is InChI=1S/C19H15IO4/c20-13-7-5-12(6-8-13)11-14(21)9-10-16-18(22)15-3-1-2-4-17(15)24-19(16)23/h1-8,22H,9-11H2. The van der Waals surface area contributed by atoms with Crippen molar-refractivity contribution in [2.75, 3.05) is 0 Å². The molecule has 3 rings (SSSR count). The maximum atomic E-state index is 12.1. The molecule has 0 amide bonds. The molecule has 2 aromatic carbocycles. The van der Waals surface area contributed by atoms with Crippen molar-refractivity contribution in [1.82, 2.24) is 0 Å². The van der Waals surface area contributed by atoms with Gasteiger partial charge >= 0.3 is 5.63 Å². The van der Waals surface area contributed by atoms with E-state index in [1.165, 1.54) is 0 Å². The quantitative estimate of drug-likeness (QED) is 0.490. The van der Waals surface area contributed by atoms with E-state index in [0.29, 0.717) is 17.4 Å². The van der Waals surface area contributed by atoms with Crippen LogP contribution in [-0.4, -0.2) is 10.9 Å². The smallest absolute Gasteiger partial charge is 0.343 e. The molecule has 0 aliphatic rings. The van der Waals surface area contributed by atoms with Gasteiger partial charge in [-0.1, -0.05) is 24.3 Å². The van der Waals surface area contributed by atoms with Gasteiger partial charge in [0.15, 0.2) is 0 Å². The summed E-state index contributed by atoms with van der Waals surface area (Å²) in [5, 5.41) is 10.8. The van der Waals surface area contributed by atoms with Gasteiger partial charge in [-0.3, -0.25) is 4.79 Å². The lowest BCUT2D eigenvalue weighted by molar-refractivity contribution is -0.118. The van der Waals surface area contributed by atoms with E-state index in [2.05, 4.69) is 22.6 Å². The van der Waals surface area contributed by atoms with E-state index in [1.54, 1.807) is 24.3 Å². The van der Waals surface area contributed by atoms with E-state index in [0.717, 1.165) is 9.13 Å². The average molecular weight is 434 g/mol. The molecule has 0 saturated heterocycles. The highest BCUT2D eigenvalue weighted by atomic mass is 127. The van der Waals surface area contributed by atoms with Crippen molar-refractivity contribution >= 4 is 39.3 Å². The zero-order chi connectivity index (χ0) is 17.1. The third-order valence-corrected chi connectivity index (χ3v) is 4.56. The van der Waals surface area contributed by atoms with Crippen LogP contribution in [-0.2, 0) is 17.6 Å². The van der Waals surface area contributed by atoms with Crippen LogP contribution in [0.5, 0.6) is 5.75 Å². The molecule has 0 fully saturated rings. The maximum Gasteiger partial charge on any atom is 0.343 e. The van der Waals surface area contributed by atoms with E-state index < -0.39 is 5.63 Å². The molecule has 4 nitrogen and oxygen atoms in total. The maximum absolute atomic E-state index is 12.1. The Kier molecular flexibility index (Phi) is 4.99. The Balaban J connectivity index is 1.74. The Morgan fingerprint density at radius 1 is 1.08 bits per heavy atom. The molecule has 1 aromatic heterocycles. The lowest BCUT2D eigenvalue weighted by Crippen LogP contribution is -2.11. The van der Waals surface area contributed by atoms with Gasteiger partial charge in [0.1, 0.15) is 17.1 Å². The summed E-state index contributed by atoms with van der Waals surface area (Å²) >= 11 is 2.21. The number of para-hydroxylation sites is 1. The van der Waals surface area contributed by atoms with Crippen LogP contribution < -0.4 is 5.63 Å². The molecule has 0 spiro atoms. The van der Waals surface area contributed by atoms with Crippen LogP contribution in [0.2, 0.25) is 0 Å². The summed E-state index contributed by atoms with van der Waals surface area (Å²) in [5.74, 6) is -0.0768. The second kappa shape index (κ2) is 7.17. The normalized spacial score (nSPS) is 10.9. The van der Waals surface area contributed by atoms with Gasteiger partial charge in [0.05, 0.1) is 10.9 Å². The van der Waals surface area contributed by atoms with Crippen molar-refractivity contribution in [1.29, 1.82) is 0 Å². The van der Waals surface area contributed by atoms with Crippen LogP contribution in [0.25, 0.3) is 11.0 Å². The fourth-order valence-electron chi connectivity index (χ4n) is 2.58. The van der Waals surface area contributed by atoms with E-state index in [9.17, 15) is 14.7 Å². The van der Waals surface area contributed by atoms with Gasteiger partial charge in [-0.25, -0.2) is 4.79 Å². The Morgan fingerprint density at radius 2 is 1.79 bits per heavy atom. The van der Waals surface area contributed by atoms with Crippen molar-refractivity contribution in [3.63, 3.8) is 0 Å². The van der Waals surface area contributed by atoms with Crippen molar-refractivity contribution in [3.05, 3.63) is 73.6 Å². The SMILES string of the molecule is O=C(CCc1c(O)c2ccccc2oc1=O)Cc1ccc(I)cc1. The molecule has 122 valence electrons. The largest absolute Gasteiger partial charge is 0.507 e. The van der Waals surface area contributed by atoms with E-state index in [1.807, 2.05) is 24.3 Å². The number of carbonyl (C=O) groups is 1. The summed E-state index contributed by atoms with van der Waals surface area (Å²) in [6.45, 7) is 0. The highest BCUT2D eigenvalue weighted by Gasteiger charge is 2.15. The molecule has 1 heterocycles. The van der Waals surface area contributed by atoms with Gasteiger partial charge in [0, 0.05) is 16.4 Å². The first kappa shape index (κ1) is 16.7. The highest BCUT2D eigenvalue weighted by Crippen LogP contribution is 2.26. The number of Topliss-reactive ketones (excluding diaryl/α,β-unsaturated/α-hetero) is 1. The summed E-state index contributed by atoms with van der Waals surface area (Å²) in [6, 6.07) is 14.5. The number of rotatable bonds is 5. The van der Waals surface area contributed by atoms with Crippen LogP contribution in [0.4, 0.5) is 0 Å². The first-order chi connectivity index (χ1) is 11.5. The third kappa shape index (κ3) is 3.67. The van der Waals surface area contributed by atoms with Crippen molar-refractivity contribution in [2.45, 2.75) is 19.3 Å². The first-order valence-corrected chi connectivity index (χ1v) is 8.62. The second-order valence-electron chi connectivity index (χ2n) is 5.55. The molecule has 3 aromatic rings. The minimum absolute atomic E-state index is 0.0168. The summed E-state index contributed by atoms with van der Waals surface area (Å²) in [7, 11) is 0. The van der Waals surface area contributed by atoms with Crippen LogP contribution in [0, 0.1) is 3.57 Å². The van der Waals surface area contributed by atoms with Crippen LogP contribution in [0.3, 0.4) is 0 Å². The summed E-state index contributed by atoms with van der Waals surface area (Å²) in [5.41, 5.74) is 0.849. The Labute approximate surface area is 152 Å². The zero-order valence-electron chi connectivity index (χ0n) is 12.8. The number of carbonyl (C=O) groups excluding carboxylic acids is 1. The fourth-order valence-corrected chi connectivity index (χ4v) is 2.93. The van der Waals surface area contributed by atoms with E-state index >= 15 is 0 Å². The molecular formula is C19H15IO4. The summed E-state index contributed by atoms with van der Waals surface area (Å²) in [6.07, 6.45) is 0.668. The Hall–Kier alpha value is -2.15. The Morgan fingerprint density at radius 3 is 2.54 bits per heavy atom. The molecule has 0 atom stereocenters. The molecule has 0 bridgehead atoms. The predicted octanol–water partition coefficient (Wildman–Crippen LogP) is 3.85. The molecule has 0 aliphatic heterocycles. The van der Waals surface area contributed by atoms with Gasteiger partial charge in [0.25, 0.3) is 0 Å². The minimum Gasteiger partial charge on any atom is -0.507 e. The molecule has 5 heteroatoms. The molecule has 0 unspecified atom stereocenters. The highest BCUT2D eigenvalue weighted by molar-refractivity contribution is 14.1. The van der Waals surface area contributed by atoms with Crippen molar-refractivity contribution in [2.24, 2.45) is 0 Å². The van der Waals surface area contributed by atoms with Gasteiger partial charge in [0.2, 0.25) is 0 Å². The molecule has 24 heavy (non-hydrogen) atoms. The third-order valence-electron chi connectivity index (χ3n) is 3.85. The number of halogens is 1. The molecule has 0 radical (unpaired) electrons. The molecule has 0 aliphatic carbocycles. The average Bonchev–Trinajstić information content (AvgIpc) is 2.57. The number of hydrogen-bond donors (Lipinski definition) is 1. The number of fused-ring (bicyclic) bond motifs is 1.